The van der Waals surface area contributed by atoms with Gasteiger partial charge in [0.15, 0.2) is 11.0 Å². The molecule has 0 unspecified atom stereocenters. The average Bonchev–Trinajstić information content (AvgIpc) is 3.96. The first kappa shape index (κ1) is 41.3. The van der Waals surface area contributed by atoms with Crippen molar-refractivity contribution in [3.63, 3.8) is 0 Å². The van der Waals surface area contributed by atoms with Gasteiger partial charge in [0.25, 0.3) is 6.33 Å². The summed E-state index contributed by atoms with van der Waals surface area (Å²) in [5.41, 5.74) is 13.8. The molecule has 11 rings (SSSR count). The molecular weight excluding hydrogens is 807 g/mol. The van der Waals surface area contributed by atoms with E-state index in [1.807, 2.05) is 12.3 Å². The fraction of sp³-hybridized carbons (Fsp3) is 0.200. The largest absolute Gasteiger partial charge is 0.457 e. The maximum Gasteiger partial charge on any atom is 0.255 e. The Hall–Kier alpha value is -7.44. The van der Waals surface area contributed by atoms with Crippen molar-refractivity contribution in [2.45, 2.75) is 78.6 Å². The fourth-order valence-electron chi connectivity index (χ4n) is 9.62. The second kappa shape index (κ2) is 15.1. The Morgan fingerprint density at radius 2 is 1.03 bits per heavy atom. The lowest BCUT2D eigenvalue weighted by molar-refractivity contribution is -0.567. The summed E-state index contributed by atoms with van der Waals surface area (Å²) in [5, 5.41) is 4.77. The summed E-state index contributed by atoms with van der Waals surface area (Å²) in [7, 11) is 0. The number of imidazole rings is 1. The molecule has 0 amide bonds. The van der Waals surface area contributed by atoms with Crippen molar-refractivity contribution in [1.29, 1.82) is 0 Å². The monoisotopic (exact) mass is 862 g/mol. The zero-order chi connectivity index (χ0) is 45.7. The van der Waals surface area contributed by atoms with Gasteiger partial charge < -0.3 is 9.30 Å². The van der Waals surface area contributed by atoms with Gasteiger partial charge in [-0.15, -0.1) is 0 Å². The van der Waals surface area contributed by atoms with Crippen molar-refractivity contribution < 1.29 is 9.30 Å². The maximum absolute atomic E-state index is 6.84. The standard InChI is InChI=1S/C60H56N5O/c1-58(2,3)39-29-30-61-57(34-39)65-53-28-25-43(64-51-21-12-10-19-47(51)48-20-11-13-22-52(48)64)36-50(53)49-27-26-46(37-56(49)65)66-45-18-16-17-42(35-45)62-38-63(55-24-15-14-23-54(55)62)44-32-40(59(4,5)6)31-41(33-44)60(7,8)9/h10-38H,1-9H3/q+1. The highest BCUT2D eigenvalue weighted by Crippen LogP contribution is 2.39. The Kier molecular flexibility index (Phi) is 9.42. The molecule has 7 aromatic carbocycles. The number of hydrogen-bond acceptors (Lipinski definition) is 2. The highest BCUT2D eigenvalue weighted by atomic mass is 16.5. The molecule has 0 atom stereocenters. The number of benzene rings is 7. The van der Waals surface area contributed by atoms with Crippen LogP contribution in [0.25, 0.3) is 77.5 Å². The minimum absolute atomic E-state index is 0.00135. The topological polar surface area (TPSA) is 40.8 Å². The quantitative estimate of drug-likeness (QED) is 0.156. The van der Waals surface area contributed by atoms with Crippen molar-refractivity contribution >= 4 is 54.6 Å². The number of rotatable bonds is 6. The Morgan fingerprint density at radius 3 is 1.71 bits per heavy atom. The summed E-state index contributed by atoms with van der Waals surface area (Å²) >= 11 is 0. The molecule has 0 saturated carbocycles. The number of para-hydroxylation sites is 4. The van der Waals surface area contributed by atoms with Crippen molar-refractivity contribution in [1.82, 2.24) is 18.7 Å². The van der Waals surface area contributed by atoms with Gasteiger partial charge in [0, 0.05) is 45.6 Å². The summed E-state index contributed by atoms with van der Waals surface area (Å²) in [6, 6.07) is 59.1. The van der Waals surface area contributed by atoms with E-state index in [9.17, 15) is 0 Å². The molecule has 0 saturated heterocycles. The van der Waals surface area contributed by atoms with Gasteiger partial charge in [-0.05, 0) is 124 Å². The highest BCUT2D eigenvalue weighted by molar-refractivity contribution is 6.12. The van der Waals surface area contributed by atoms with Crippen LogP contribution in [-0.4, -0.2) is 18.7 Å². The second-order valence-corrected chi connectivity index (χ2v) is 21.0. The molecule has 0 bridgehead atoms. The zero-order valence-corrected chi connectivity index (χ0v) is 39.4. The van der Waals surface area contributed by atoms with Gasteiger partial charge in [-0.25, -0.2) is 4.98 Å². The molecule has 0 radical (unpaired) electrons. The average molecular weight is 863 g/mol. The smallest absolute Gasteiger partial charge is 0.255 e. The summed E-state index contributed by atoms with van der Waals surface area (Å²) < 4.78 is 16.1. The van der Waals surface area contributed by atoms with E-state index in [4.69, 9.17) is 9.72 Å². The number of pyridine rings is 1. The van der Waals surface area contributed by atoms with E-state index in [1.165, 1.54) is 38.5 Å². The van der Waals surface area contributed by atoms with E-state index in [-0.39, 0.29) is 16.2 Å². The van der Waals surface area contributed by atoms with E-state index < -0.39 is 0 Å². The van der Waals surface area contributed by atoms with Gasteiger partial charge >= 0.3 is 0 Å². The molecule has 326 valence electrons. The predicted octanol–water partition coefficient (Wildman–Crippen LogP) is 15.2. The molecule has 6 nitrogen and oxygen atoms in total. The summed E-state index contributed by atoms with van der Waals surface area (Å²) in [6.07, 6.45) is 4.15. The normalized spacial score (nSPS) is 12.6. The fourth-order valence-corrected chi connectivity index (χ4v) is 9.62. The molecule has 0 spiro atoms. The third kappa shape index (κ3) is 7.03. The van der Waals surface area contributed by atoms with Gasteiger partial charge in [0.05, 0.1) is 22.1 Å². The van der Waals surface area contributed by atoms with Crippen LogP contribution in [0.15, 0.2) is 176 Å². The molecule has 4 heterocycles. The van der Waals surface area contributed by atoms with Crippen molar-refractivity contribution in [2.75, 3.05) is 0 Å². The van der Waals surface area contributed by atoms with Crippen LogP contribution >= 0.6 is 0 Å². The third-order valence-corrected chi connectivity index (χ3v) is 13.3. The van der Waals surface area contributed by atoms with E-state index in [2.05, 4.69) is 245 Å². The van der Waals surface area contributed by atoms with Crippen LogP contribution in [0.5, 0.6) is 11.5 Å². The predicted molar refractivity (Wildman–Crippen MR) is 274 cm³/mol. The summed E-state index contributed by atoms with van der Waals surface area (Å²) in [6.45, 7) is 20.5. The Bertz CT molecular complexity index is 3600. The lowest BCUT2D eigenvalue weighted by Gasteiger charge is -2.25. The van der Waals surface area contributed by atoms with Crippen molar-refractivity contribution in [3.05, 3.63) is 193 Å². The first-order valence-corrected chi connectivity index (χ1v) is 23.1. The number of fused-ring (bicyclic) bond motifs is 7. The lowest BCUT2D eigenvalue weighted by atomic mass is 9.80. The van der Waals surface area contributed by atoms with Crippen molar-refractivity contribution in [3.8, 4) is 34.4 Å². The van der Waals surface area contributed by atoms with Crippen LogP contribution in [-0.2, 0) is 16.2 Å². The van der Waals surface area contributed by atoms with Gasteiger partial charge in [0.2, 0.25) is 0 Å². The molecule has 11 aromatic rings. The maximum atomic E-state index is 6.84. The van der Waals surface area contributed by atoms with Gasteiger partial charge in [-0.3, -0.25) is 4.57 Å². The second-order valence-electron chi connectivity index (χ2n) is 21.0. The molecule has 0 N–H and O–H groups in total. The van der Waals surface area contributed by atoms with Gasteiger partial charge in [0.1, 0.15) is 28.7 Å². The number of hydrogen-bond donors (Lipinski definition) is 0. The van der Waals surface area contributed by atoms with E-state index in [0.717, 1.165) is 67.2 Å². The Labute approximate surface area is 387 Å². The van der Waals surface area contributed by atoms with Gasteiger partial charge in [-0.1, -0.05) is 123 Å². The van der Waals surface area contributed by atoms with Gasteiger partial charge in [-0.2, -0.15) is 9.13 Å². The van der Waals surface area contributed by atoms with Crippen LogP contribution < -0.4 is 9.30 Å². The third-order valence-electron chi connectivity index (χ3n) is 13.3. The van der Waals surface area contributed by atoms with Crippen LogP contribution in [0, 0.1) is 0 Å². The highest BCUT2D eigenvalue weighted by Gasteiger charge is 2.26. The number of nitrogens with zero attached hydrogens (tertiary/aromatic N) is 5. The first-order valence-electron chi connectivity index (χ1n) is 23.1. The number of aromatic nitrogens is 5. The Morgan fingerprint density at radius 1 is 0.424 bits per heavy atom. The van der Waals surface area contributed by atoms with Crippen LogP contribution in [0.1, 0.15) is 79.0 Å². The molecule has 66 heavy (non-hydrogen) atoms. The van der Waals surface area contributed by atoms with Crippen LogP contribution in [0.3, 0.4) is 0 Å². The minimum atomic E-state index is -0.0460. The molecule has 0 aliphatic carbocycles. The zero-order valence-electron chi connectivity index (χ0n) is 39.4. The molecule has 0 aliphatic rings. The summed E-state index contributed by atoms with van der Waals surface area (Å²) in [4.78, 5) is 5.00. The van der Waals surface area contributed by atoms with E-state index in [1.54, 1.807) is 0 Å². The molecule has 6 heteroatoms. The van der Waals surface area contributed by atoms with E-state index >= 15 is 0 Å². The lowest BCUT2D eigenvalue weighted by Crippen LogP contribution is -2.31. The molecule has 4 aromatic heterocycles. The van der Waals surface area contributed by atoms with E-state index in [0.29, 0.717) is 0 Å². The van der Waals surface area contributed by atoms with Crippen LogP contribution in [0.4, 0.5) is 0 Å². The summed E-state index contributed by atoms with van der Waals surface area (Å²) in [5.74, 6) is 2.38. The van der Waals surface area contributed by atoms with Crippen molar-refractivity contribution in [2.24, 2.45) is 0 Å². The number of ether oxygens (including phenoxy) is 1. The first-order chi connectivity index (χ1) is 31.6. The molecular formula is C60H56N5O+. The Balaban J connectivity index is 1.03. The SMILES string of the molecule is CC(C)(C)c1cc(-[n+]2cn(-c3cccc(Oc4ccc5c6cc(-n7c8ccccc8c8ccccc87)ccc6n(-c6cc(C(C)(C)C)ccn6)c5c4)c3)c3ccccc32)cc(C(C)(C)C)c1. The molecule has 0 fully saturated rings. The van der Waals surface area contributed by atoms with Crippen LogP contribution in [0.2, 0.25) is 0 Å². The molecule has 0 aliphatic heterocycles. The minimum Gasteiger partial charge on any atom is -0.457 e.